The molecule has 5 heteroatoms. The molecule has 1 aliphatic rings. The van der Waals surface area contributed by atoms with Crippen molar-refractivity contribution in [1.82, 2.24) is 10.2 Å². The van der Waals surface area contributed by atoms with Crippen LogP contribution in [0.1, 0.15) is 44.9 Å². The van der Waals surface area contributed by atoms with E-state index < -0.39 is 0 Å². The maximum absolute atomic E-state index is 12.1. The van der Waals surface area contributed by atoms with Gasteiger partial charge in [-0.15, -0.1) is 0 Å². The third-order valence-electron chi connectivity index (χ3n) is 3.81. The summed E-state index contributed by atoms with van der Waals surface area (Å²) in [4.78, 5) is 14.2. The van der Waals surface area contributed by atoms with Crippen molar-refractivity contribution in [2.45, 2.75) is 51.3 Å². The van der Waals surface area contributed by atoms with Gasteiger partial charge in [-0.25, -0.2) is 0 Å². The number of rotatable bonds is 6. The SMILES string of the molecule is CC(O)CC1CCCN1CC(=O)NC(C)c1ccco1. The van der Waals surface area contributed by atoms with E-state index in [1.54, 1.807) is 13.2 Å². The zero-order chi connectivity index (χ0) is 14.5. The second-order valence-electron chi connectivity index (χ2n) is 5.66. The lowest BCUT2D eigenvalue weighted by Crippen LogP contribution is -2.41. The second-order valence-corrected chi connectivity index (χ2v) is 5.66. The Labute approximate surface area is 119 Å². The number of aliphatic hydroxyl groups excluding tert-OH is 1. The predicted octanol–water partition coefficient (Wildman–Crippen LogP) is 1.69. The normalized spacial score (nSPS) is 22.6. The van der Waals surface area contributed by atoms with E-state index in [0.717, 1.165) is 31.6 Å². The minimum atomic E-state index is -0.314. The summed E-state index contributed by atoms with van der Waals surface area (Å²) in [5, 5.41) is 12.4. The van der Waals surface area contributed by atoms with E-state index in [-0.39, 0.29) is 18.1 Å². The van der Waals surface area contributed by atoms with Gasteiger partial charge in [-0.1, -0.05) is 0 Å². The summed E-state index contributed by atoms with van der Waals surface area (Å²) in [7, 11) is 0. The van der Waals surface area contributed by atoms with Crippen LogP contribution in [0.15, 0.2) is 22.8 Å². The number of likely N-dealkylation sites (tertiary alicyclic amines) is 1. The first kappa shape index (κ1) is 15.1. The van der Waals surface area contributed by atoms with Crippen molar-refractivity contribution in [3.8, 4) is 0 Å². The molecule has 2 rings (SSSR count). The summed E-state index contributed by atoms with van der Waals surface area (Å²) in [6, 6.07) is 3.88. The Bertz CT molecular complexity index is 417. The second kappa shape index (κ2) is 6.90. The van der Waals surface area contributed by atoms with E-state index in [4.69, 9.17) is 4.42 Å². The number of furan rings is 1. The minimum absolute atomic E-state index is 0.00592. The van der Waals surface area contributed by atoms with Crippen LogP contribution in [-0.4, -0.2) is 41.1 Å². The van der Waals surface area contributed by atoms with Crippen LogP contribution in [0.3, 0.4) is 0 Å². The maximum Gasteiger partial charge on any atom is 0.234 e. The third kappa shape index (κ3) is 4.08. The first-order valence-corrected chi connectivity index (χ1v) is 7.31. The van der Waals surface area contributed by atoms with Crippen LogP contribution < -0.4 is 5.32 Å². The average Bonchev–Trinajstić information content (AvgIpc) is 3.00. The maximum atomic E-state index is 12.1. The van der Waals surface area contributed by atoms with Gasteiger partial charge in [0.05, 0.1) is 25.0 Å². The molecule has 1 fully saturated rings. The number of hydrogen-bond donors (Lipinski definition) is 2. The monoisotopic (exact) mass is 280 g/mol. The lowest BCUT2D eigenvalue weighted by Gasteiger charge is -2.25. The van der Waals surface area contributed by atoms with Crippen LogP contribution >= 0.6 is 0 Å². The summed E-state index contributed by atoms with van der Waals surface area (Å²) in [5.41, 5.74) is 0. The Hall–Kier alpha value is -1.33. The molecule has 1 aromatic heterocycles. The fourth-order valence-corrected chi connectivity index (χ4v) is 2.84. The van der Waals surface area contributed by atoms with Gasteiger partial charge >= 0.3 is 0 Å². The number of aliphatic hydroxyl groups is 1. The Balaban J connectivity index is 1.81. The first-order valence-electron chi connectivity index (χ1n) is 7.31. The number of carbonyl (C=O) groups excluding carboxylic acids is 1. The summed E-state index contributed by atoms with van der Waals surface area (Å²) in [6.45, 7) is 5.03. The molecule has 112 valence electrons. The van der Waals surface area contributed by atoms with Crippen LogP contribution in [-0.2, 0) is 4.79 Å². The highest BCUT2D eigenvalue weighted by atomic mass is 16.3. The summed E-state index contributed by atoms with van der Waals surface area (Å²) in [6.07, 6.45) is 4.19. The van der Waals surface area contributed by atoms with Crippen molar-refractivity contribution < 1.29 is 14.3 Å². The first-order chi connectivity index (χ1) is 9.56. The predicted molar refractivity (Wildman–Crippen MR) is 76.2 cm³/mol. The summed E-state index contributed by atoms with van der Waals surface area (Å²) < 4.78 is 5.28. The number of carbonyl (C=O) groups is 1. The molecule has 0 radical (unpaired) electrons. The highest BCUT2D eigenvalue weighted by Gasteiger charge is 2.27. The minimum Gasteiger partial charge on any atom is -0.467 e. The summed E-state index contributed by atoms with van der Waals surface area (Å²) >= 11 is 0. The Morgan fingerprint density at radius 1 is 1.60 bits per heavy atom. The van der Waals surface area contributed by atoms with Gasteiger partial charge in [0.2, 0.25) is 5.91 Å². The molecule has 2 heterocycles. The number of nitrogens with zero attached hydrogens (tertiary/aromatic N) is 1. The molecule has 0 aromatic carbocycles. The lowest BCUT2D eigenvalue weighted by molar-refractivity contribution is -0.123. The third-order valence-corrected chi connectivity index (χ3v) is 3.81. The topological polar surface area (TPSA) is 65.7 Å². The molecule has 0 bridgehead atoms. The van der Waals surface area contributed by atoms with Gasteiger partial charge in [0.1, 0.15) is 5.76 Å². The van der Waals surface area contributed by atoms with Crippen molar-refractivity contribution in [1.29, 1.82) is 0 Å². The van der Waals surface area contributed by atoms with Gasteiger partial charge in [0.25, 0.3) is 0 Å². The number of hydrogen-bond acceptors (Lipinski definition) is 4. The number of amides is 1. The molecule has 1 aromatic rings. The highest BCUT2D eigenvalue weighted by molar-refractivity contribution is 5.78. The van der Waals surface area contributed by atoms with E-state index in [1.165, 1.54) is 0 Å². The molecule has 20 heavy (non-hydrogen) atoms. The van der Waals surface area contributed by atoms with E-state index in [9.17, 15) is 9.90 Å². The van der Waals surface area contributed by atoms with Crippen LogP contribution in [0.25, 0.3) is 0 Å². The zero-order valence-corrected chi connectivity index (χ0v) is 12.2. The van der Waals surface area contributed by atoms with Gasteiger partial charge in [0, 0.05) is 6.04 Å². The van der Waals surface area contributed by atoms with Crippen LogP contribution in [0.5, 0.6) is 0 Å². The fourth-order valence-electron chi connectivity index (χ4n) is 2.84. The molecule has 3 unspecified atom stereocenters. The van der Waals surface area contributed by atoms with Crippen molar-refractivity contribution in [2.24, 2.45) is 0 Å². The Morgan fingerprint density at radius 2 is 2.40 bits per heavy atom. The average molecular weight is 280 g/mol. The van der Waals surface area contributed by atoms with E-state index in [2.05, 4.69) is 10.2 Å². The molecule has 0 aliphatic carbocycles. The quantitative estimate of drug-likeness (QED) is 0.832. The molecule has 3 atom stereocenters. The molecule has 0 spiro atoms. The van der Waals surface area contributed by atoms with Crippen molar-refractivity contribution in [3.05, 3.63) is 24.2 Å². The van der Waals surface area contributed by atoms with Crippen LogP contribution in [0.2, 0.25) is 0 Å². The van der Waals surface area contributed by atoms with Crippen molar-refractivity contribution in [2.75, 3.05) is 13.1 Å². The molecule has 1 aliphatic heterocycles. The summed E-state index contributed by atoms with van der Waals surface area (Å²) in [5.74, 6) is 0.770. The Kier molecular flexibility index (Phi) is 5.20. The number of nitrogens with one attached hydrogen (secondary N) is 1. The molecule has 2 N–H and O–H groups in total. The van der Waals surface area contributed by atoms with Gasteiger partial charge in [-0.05, 0) is 51.8 Å². The molecule has 0 saturated carbocycles. The van der Waals surface area contributed by atoms with Crippen molar-refractivity contribution in [3.63, 3.8) is 0 Å². The lowest BCUT2D eigenvalue weighted by atomic mass is 10.1. The molecule has 1 saturated heterocycles. The zero-order valence-electron chi connectivity index (χ0n) is 12.2. The smallest absolute Gasteiger partial charge is 0.234 e. The molecule has 5 nitrogen and oxygen atoms in total. The van der Waals surface area contributed by atoms with Crippen LogP contribution in [0.4, 0.5) is 0 Å². The molecule has 1 amide bonds. The highest BCUT2D eigenvalue weighted by Crippen LogP contribution is 2.21. The standard InChI is InChI=1S/C15H24N2O3/c1-11(18)9-13-5-3-7-17(13)10-15(19)16-12(2)14-6-4-8-20-14/h4,6,8,11-13,18H,3,5,7,9-10H2,1-2H3,(H,16,19). The van der Waals surface area contributed by atoms with Gasteiger partial charge in [-0.2, -0.15) is 0 Å². The van der Waals surface area contributed by atoms with Gasteiger partial charge in [-0.3, -0.25) is 9.69 Å². The largest absolute Gasteiger partial charge is 0.467 e. The van der Waals surface area contributed by atoms with Gasteiger partial charge < -0.3 is 14.8 Å². The molecular formula is C15H24N2O3. The molecular weight excluding hydrogens is 256 g/mol. The van der Waals surface area contributed by atoms with Crippen molar-refractivity contribution >= 4 is 5.91 Å². The van der Waals surface area contributed by atoms with E-state index >= 15 is 0 Å². The van der Waals surface area contributed by atoms with Gasteiger partial charge in [0.15, 0.2) is 0 Å². The Morgan fingerprint density at radius 3 is 3.05 bits per heavy atom. The van der Waals surface area contributed by atoms with E-state index in [0.29, 0.717) is 12.6 Å². The van der Waals surface area contributed by atoms with Crippen LogP contribution in [0, 0.1) is 0 Å². The van der Waals surface area contributed by atoms with E-state index in [1.807, 2.05) is 19.1 Å². The fraction of sp³-hybridized carbons (Fsp3) is 0.667.